The van der Waals surface area contributed by atoms with E-state index in [0.29, 0.717) is 60.4 Å². The predicted octanol–water partition coefficient (Wildman–Crippen LogP) is 6.86. The molecule has 0 bridgehead atoms. The Morgan fingerprint density at radius 2 is 1.76 bits per heavy atom. The lowest BCUT2D eigenvalue weighted by molar-refractivity contribution is -0.113. The van der Waals surface area contributed by atoms with Gasteiger partial charge in [0.05, 0.1) is 59.3 Å². The number of benzene rings is 3. The van der Waals surface area contributed by atoms with Crippen molar-refractivity contribution >= 4 is 87.1 Å². The fraction of sp³-hybridized carbons (Fsp3) is 0.111. The van der Waals surface area contributed by atoms with Gasteiger partial charge in [-0.15, -0.1) is 0 Å². The van der Waals surface area contributed by atoms with Crippen LogP contribution in [-0.4, -0.2) is 35.8 Å². The quantitative estimate of drug-likeness (QED) is 0.0526. The minimum absolute atomic E-state index is 0.0437. The average Bonchev–Trinajstić information content (AvgIpc) is 2.97. The van der Waals surface area contributed by atoms with Gasteiger partial charge in [0, 0.05) is 28.1 Å². The van der Waals surface area contributed by atoms with Gasteiger partial charge in [-0.25, -0.2) is 20.1 Å². The number of methoxy groups -OCH3 is 2. The van der Waals surface area contributed by atoms with Crippen molar-refractivity contribution in [3.63, 3.8) is 0 Å². The van der Waals surface area contributed by atoms with E-state index in [1.807, 2.05) is 6.07 Å². The molecule has 1 heterocycles. The van der Waals surface area contributed by atoms with E-state index >= 15 is 0 Å². The molecule has 210 valence electrons. The van der Waals surface area contributed by atoms with Crippen molar-refractivity contribution in [2.24, 2.45) is 5.90 Å². The molecule has 0 spiro atoms. The Labute approximate surface area is 254 Å². The third-order valence-electron chi connectivity index (χ3n) is 5.45. The zero-order chi connectivity index (χ0) is 29.4. The molecule has 0 saturated carbocycles. The molecule has 4 N–H and O–H groups in total. The highest BCUT2D eigenvalue weighted by molar-refractivity contribution is 7.99. The SMILES string of the molecule is COc1cc2nc(SCC(=O)Nc3ccc(SON)cc3)nc(Nc3c(Cl)cc(/C=C/C#N)cc3Cl)c2cc1OC. The Morgan fingerprint density at radius 1 is 1.07 bits per heavy atom. The van der Waals surface area contributed by atoms with Crippen molar-refractivity contribution < 1.29 is 18.6 Å². The van der Waals surface area contributed by atoms with Crippen LogP contribution >= 0.6 is 47.0 Å². The summed E-state index contributed by atoms with van der Waals surface area (Å²) in [7, 11) is 3.06. The Hall–Kier alpha value is -3.70. The minimum atomic E-state index is -0.247. The second-order valence-electron chi connectivity index (χ2n) is 8.07. The van der Waals surface area contributed by atoms with Crippen LogP contribution in [0.25, 0.3) is 17.0 Å². The van der Waals surface area contributed by atoms with Gasteiger partial charge >= 0.3 is 0 Å². The second-order valence-corrected chi connectivity index (χ2v) is 10.7. The number of thioether (sulfide) groups is 1. The van der Waals surface area contributed by atoms with E-state index in [1.165, 1.54) is 20.3 Å². The number of fused-ring (bicyclic) bond motifs is 1. The first-order valence-corrected chi connectivity index (χ1v) is 14.2. The first-order chi connectivity index (χ1) is 19.8. The van der Waals surface area contributed by atoms with E-state index in [-0.39, 0.29) is 11.7 Å². The normalized spacial score (nSPS) is 10.9. The maximum atomic E-state index is 12.7. The van der Waals surface area contributed by atoms with Crippen LogP contribution in [0.1, 0.15) is 5.56 Å². The van der Waals surface area contributed by atoms with Gasteiger partial charge in [-0.1, -0.05) is 35.0 Å². The summed E-state index contributed by atoms with van der Waals surface area (Å²) in [5, 5.41) is 16.4. The van der Waals surface area contributed by atoms with Gasteiger partial charge in [0.25, 0.3) is 0 Å². The molecular formula is C27H22Cl2N6O4S2. The van der Waals surface area contributed by atoms with Crippen LogP contribution in [0.4, 0.5) is 17.2 Å². The number of amides is 1. The van der Waals surface area contributed by atoms with Crippen LogP contribution in [0.3, 0.4) is 0 Å². The smallest absolute Gasteiger partial charge is 0.234 e. The molecule has 1 aromatic heterocycles. The number of nitrogens with zero attached hydrogens (tertiary/aromatic N) is 3. The zero-order valence-corrected chi connectivity index (χ0v) is 24.7. The van der Waals surface area contributed by atoms with E-state index in [9.17, 15) is 4.79 Å². The van der Waals surface area contributed by atoms with Crippen LogP contribution in [-0.2, 0) is 9.08 Å². The van der Waals surface area contributed by atoms with Crippen molar-refractivity contribution in [3.8, 4) is 17.6 Å². The first-order valence-electron chi connectivity index (χ1n) is 11.7. The van der Waals surface area contributed by atoms with Crippen molar-refractivity contribution in [2.45, 2.75) is 10.1 Å². The third-order valence-corrected chi connectivity index (χ3v) is 7.46. The van der Waals surface area contributed by atoms with E-state index in [0.717, 1.165) is 28.7 Å². The number of nitrogens with two attached hydrogens (primary N) is 1. The molecule has 0 aliphatic rings. The Morgan fingerprint density at radius 3 is 2.39 bits per heavy atom. The molecule has 0 aliphatic heterocycles. The molecule has 4 rings (SSSR count). The van der Waals surface area contributed by atoms with Crippen LogP contribution in [0.5, 0.6) is 11.5 Å². The summed E-state index contributed by atoms with van der Waals surface area (Å²) in [6.07, 6.45) is 2.93. The van der Waals surface area contributed by atoms with E-state index in [4.69, 9.17) is 43.8 Å². The molecule has 1 amide bonds. The van der Waals surface area contributed by atoms with Crippen molar-refractivity contribution in [1.29, 1.82) is 5.26 Å². The van der Waals surface area contributed by atoms with Gasteiger partial charge < -0.3 is 20.1 Å². The first kappa shape index (κ1) is 30.3. The number of rotatable bonds is 11. The fourth-order valence-electron chi connectivity index (χ4n) is 3.63. The number of hydrogen-bond acceptors (Lipinski definition) is 11. The summed E-state index contributed by atoms with van der Waals surface area (Å²) < 4.78 is 15.5. The van der Waals surface area contributed by atoms with E-state index < -0.39 is 0 Å². The van der Waals surface area contributed by atoms with Crippen LogP contribution < -0.4 is 26.0 Å². The highest BCUT2D eigenvalue weighted by atomic mass is 35.5. The van der Waals surface area contributed by atoms with Crippen molar-refractivity contribution in [1.82, 2.24) is 9.97 Å². The fourth-order valence-corrected chi connectivity index (χ4v) is 5.24. The molecule has 3 aromatic carbocycles. The number of carbonyl (C=O) groups excluding carboxylic acids is 1. The van der Waals surface area contributed by atoms with Crippen molar-refractivity contribution in [2.75, 3.05) is 30.6 Å². The van der Waals surface area contributed by atoms with E-state index in [2.05, 4.69) is 24.9 Å². The zero-order valence-electron chi connectivity index (χ0n) is 21.6. The number of hydrogen-bond donors (Lipinski definition) is 3. The molecule has 0 radical (unpaired) electrons. The Kier molecular flexibility index (Phi) is 10.5. The highest BCUT2D eigenvalue weighted by Gasteiger charge is 2.17. The molecule has 4 aromatic rings. The minimum Gasteiger partial charge on any atom is -0.493 e. The van der Waals surface area contributed by atoms with Gasteiger partial charge in [-0.05, 0) is 54.1 Å². The molecular weight excluding hydrogens is 607 g/mol. The number of aromatic nitrogens is 2. The van der Waals surface area contributed by atoms with Gasteiger partial charge in [0.1, 0.15) is 5.82 Å². The molecule has 0 aliphatic carbocycles. The van der Waals surface area contributed by atoms with Crippen molar-refractivity contribution in [3.05, 3.63) is 70.2 Å². The Balaban J connectivity index is 1.63. The predicted molar refractivity (Wildman–Crippen MR) is 164 cm³/mol. The lowest BCUT2D eigenvalue weighted by Gasteiger charge is -2.15. The number of halogens is 2. The summed E-state index contributed by atoms with van der Waals surface area (Å²) in [6, 6.07) is 15.8. The largest absolute Gasteiger partial charge is 0.493 e. The lowest BCUT2D eigenvalue weighted by atomic mass is 10.1. The van der Waals surface area contributed by atoms with Gasteiger partial charge in [0.2, 0.25) is 5.91 Å². The number of anilines is 3. The molecule has 14 heteroatoms. The highest BCUT2D eigenvalue weighted by Crippen LogP contribution is 2.39. The number of ether oxygens (including phenoxy) is 2. The maximum Gasteiger partial charge on any atom is 0.234 e. The number of nitrogens with one attached hydrogen (secondary N) is 2. The molecule has 0 saturated heterocycles. The standard InChI is InChI=1S/C27H22Cl2N6O4S2/c1-37-22-12-18-21(13-23(22)38-2)33-27(40-14-24(36)32-16-5-7-17(8-6-16)41-39-31)35-26(18)34-25-19(28)10-15(4-3-9-30)11-20(25)29/h3-8,10-13H,14,31H2,1-2H3,(H,32,36)(H,33,34,35)/b4-3+. The maximum absolute atomic E-state index is 12.7. The number of allylic oxidation sites excluding steroid dienone is 1. The topological polar surface area (TPSA) is 144 Å². The molecule has 0 fully saturated rings. The molecule has 41 heavy (non-hydrogen) atoms. The third kappa shape index (κ3) is 7.74. The van der Waals surface area contributed by atoms with Crippen LogP contribution in [0, 0.1) is 11.3 Å². The van der Waals surface area contributed by atoms with Gasteiger partial charge in [-0.3, -0.25) is 4.79 Å². The van der Waals surface area contributed by atoms with Crippen LogP contribution in [0.2, 0.25) is 10.0 Å². The monoisotopic (exact) mass is 628 g/mol. The van der Waals surface area contributed by atoms with Gasteiger partial charge in [-0.2, -0.15) is 5.26 Å². The molecule has 0 unspecified atom stereocenters. The summed E-state index contributed by atoms with van der Waals surface area (Å²) in [5.74, 6) is 6.20. The summed E-state index contributed by atoms with van der Waals surface area (Å²) in [4.78, 5) is 22.7. The number of carbonyl (C=O) groups is 1. The van der Waals surface area contributed by atoms with Gasteiger partial charge in [0.15, 0.2) is 16.7 Å². The summed E-state index contributed by atoms with van der Waals surface area (Å²) in [6.45, 7) is 0. The Bertz CT molecular complexity index is 1630. The summed E-state index contributed by atoms with van der Waals surface area (Å²) in [5.41, 5.74) is 2.23. The average molecular weight is 630 g/mol. The van der Waals surface area contributed by atoms with E-state index in [1.54, 1.807) is 54.6 Å². The second kappa shape index (κ2) is 14.3. The molecule has 10 nitrogen and oxygen atoms in total. The molecule has 0 atom stereocenters. The summed E-state index contributed by atoms with van der Waals surface area (Å²) >= 11 is 15.2. The van der Waals surface area contributed by atoms with Crippen LogP contribution in [0.15, 0.2) is 64.7 Å². The number of nitriles is 1. The lowest BCUT2D eigenvalue weighted by Crippen LogP contribution is -2.14.